The fraction of sp³-hybridized carbons (Fsp3) is 0.529. The van der Waals surface area contributed by atoms with Gasteiger partial charge in [-0.1, -0.05) is 26.0 Å². The zero-order chi connectivity index (χ0) is 15.0. The Balaban J connectivity index is 1.78. The Hall–Kier alpha value is -1.84. The molecule has 0 amide bonds. The second-order valence-electron chi connectivity index (χ2n) is 6.84. The van der Waals surface area contributed by atoms with E-state index in [0.717, 1.165) is 35.9 Å². The Morgan fingerprint density at radius 3 is 2.86 bits per heavy atom. The summed E-state index contributed by atoms with van der Waals surface area (Å²) >= 11 is 0. The van der Waals surface area contributed by atoms with E-state index in [4.69, 9.17) is 4.74 Å². The number of aromatic nitrogens is 3. The smallest absolute Gasteiger partial charge is 0.171 e. The van der Waals surface area contributed by atoms with Crippen molar-refractivity contribution in [2.24, 2.45) is 5.41 Å². The van der Waals surface area contributed by atoms with Gasteiger partial charge in [0.2, 0.25) is 0 Å². The van der Waals surface area contributed by atoms with E-state index in [9.17, 15) is 0 Å². The Kier molecular flexibility index (Phi) is 3.47. The maximum Gasteiger partial charge on any atom is 0.171 e. The predicted octanol–water partition coefficient (Wildman–Crippen LogP) is 3.45. The number of nitrogens with zero attached hydrogens (tertiary/aromatic N) is 3. The Morgan fingerprint density at radius 1 is 1.24 bits per heavy atom. The molecule has 0 fully saturated rings. The first kappa shape index (κ1) is 14.1. The van der Waals surface area contributed by atoms with E-state index in [0.29, 0.717) is 12.0 Å². The van der Waals surface area contributed by atoms with Gasteiger partial charge in [-0.15, -0.1) is 10.2 Å². The van der Waals surface area contributed by atoms with E-state index < -0.39 is 0 Å². The number of ether oxygens (including phenoxy) is 1. The van der Waals surface area contributed by atoms with Gasteiger partial charge in [0.25, 0.3) is 0 Å². The number of hydrogen-bond acceptors (Lipinski definition) is 3. The van der Waals surface area contributed by atoms with Gasteiger partial charge in [0.1, 0.15) is 18.2 Å². The van der Waals surface area contributed by atoms with Crippen molar-refractivity contribution in [3.05, 3.63) is 41.0 Å². The molecule has 0 bridgehead atoms. The lowest BCUT2D eigenvalue weighted by molar-refractivity contribution is 0.227. The molecule has 2 aromatic rings. The first-order valence-electron chi connectivity index (χ1n) is 7.56. The monoisotopic (exact) mass is 285 g/mol. The maximum absolute atomic E-state index is 5.97. The topological polar surface area (TPSA) is 39.9 Å². The molecule has 0 atom stereocenters. The Morgan fingerprint density at radius 2 is 2.05 bits per heavy atom. The van der Waals surface area contributed by atoms with Crippen molar-refractivity contribution in [3.63, 3.8) is 0 Å². The van der Waals surface area contributed by atoms with Crippen molar-refractivity contribution in [1.82, 2.24) is 14.8 Å². The summed E-state index contributed by atoms with van der Waals surface area (Å²) in [6, 6.07) is 6.27. The molecule has 2 heterocycles. The van der Waals surface area contributed by atoms with Crippen LogP contribution in [0.25, 0.3) is 0 Å². The molecular weight excluding hydrogens is 262 g/mol. The molecule has 0 radical (unpaired) electrons. The van der Waals surface area contributed by atoms with Crippen LogP contribution < -0.4 is 4.74 Å². The van der Waals surface area contributed by atoms with Gasteiger partial charge in [0, 0.05) is 13.0 Å². The summed E-state index contributed by atoms with van der Waals surface area (Å²) in [4.78, 5) is 0. The molecule has 0 saturated heterocycles. The van der Waals surface area contributed by atoms with E-state index in [1.54, 1.807) is 0 Å². The van der Waals surface area contributed by atoms with Crippen molar-refractivity contribution in [3.8, 4) is 5.75 Å². The minimum Gasteiger partial charge on any atom is -0.485 e. The van der Waals surface area contributed by atoms with Crippen LogP contribution >= 0.6 is 0 Å². The van der Waals surface area contributed by atoms with Crippen LogP contribution in [0.15, 0.2) is 18.2 Å². The number of aryl methyl sites for hydroxylation is 3. The molecule has 3 rings (SSSR count). The molecule has 0 unspecified atom stereocenters. The van der Waals surface area contributed by atoms with E-state index in [2.05, 4.69) is 60.7 Å². The fourth-order valence-corrected chi connectivity index (χ4v) is 2.81. The van der Waals surface area contributed by atoms with Crippen molar-refractivity contribution in [2.75, 3.05) is 0 Å². The summed E-state index contributed by atoms with van der Waals surface area (Å²) in [5, 5.41) is 8.63. The second kappa shape index (κ2) is 5.17. The highest BCUT2D eigenvalue weighted by atomic mass is 16.5. The molecular formula is C17H23N3O. The Labute approximate surface area is 126 Å². The van der Waals surface area contributed by atoms with Gasteiger partial charge >= 0.3 is 0 Å². The van der Waals surface area contributed by atoms with E-state index in [1.807, 2.05) is 0 Å². The lowest BCUT2D eigenvalue weighted by atomic mass is 9.85. The van der Waals surface area contributed by atoms with Crippen LogP contribution in [-0.2, 0) is 19.6 Å². The van der Waals surface area contributed by atoms with Crippen LogP contribution in [0.2, 0.25) is 0 Å². The van der Waals surface area contributed by atoms with Crippen LogP contribution in [0, 0.1) is 19.3 Å². The van der Waals surface area contributed by atoms with E-state index in [1.165, 1.54) is 12.0 Å². The van der Waals surface area contributed by atoms with Gasteiger partial charge in [-0.05, 0) is 42.9 Å². The minimum atomic E-state index is 0.309. The van der Waals surface area contributed by atoms with Gasteiger partial charge in [-0.3, -0.25) is 0 Å². The van der Waals surface area contributed by atoms with E-state index >= 15 is 0 Å². The normalized spacial score (nSPS) is 16.6. The Bertz CT molecular complexity index is 658. The van der Waals surface area contributed by atoms with Crippen LogP contribution in [0.3, 0.4) is 0 Å². The van der Waals surface area contributed by atoms with Crippen LogP contribution in [0.1, 0.15) is 43.0 Å². The minimum absolute atomic E-state index is 0.309. The molecule has 1 aromatic carbocycles. The molecule has 0 aliphatic carbocycles. The highest BCUT2D eigenvalue weighted by Gasteiger charge is 2.28. The third kappa shape index (κ3) is 2.94. The van der Waals surface area contributed by atoms with Crippen molar-refractivity contribution in [2.45, 2.75) is 53.7 Å². The molecule has 112 valence electrons. The van der Waals surface area contributed by atoms with Crippen molar-refractivity contribution >= 4 is 0 Å². The first-order chi connectivity index (χ1) is 9.94. The molecule has 1 aliphatic rings. The maximum atomic E-state index is 5.97. The fourth-order valence-electron chi connectivity index (χ4n) is 2.81. The number of hydrogen-bond donors (Lipinski definition) is 0. The van der Waals surface area contributed by atoms with Crippen LogP contribution in [-0.4, -0.2) is 14.8 Å². The first-order valence-corrected chi connectivity index (χ1v) is 7.56. The number of rotatable bonds is 3. The predicted molar refractivity (Wildman–Crippen MR) is 82.4 cm³/mol. The molecule has 1 aromatic heterocycles. The summed E-state index contributed by atoms with van der Waals surface area (Å²) in [7, 11) is 0. The summed E-state index contributed by atoms with van der Waals surface area (Å²) < 4.78 is 8.20. The molecule has 0 N–H and O–H groups in total. The third-order valence-corrected chi connectivity index (χ3v) is 4.22. The second-order valence-corrected chi connectivity index (χ2v) is 6.84. The molecule has 1 aliphatic heterocycles. The zero-order valence-electron chi connectivity index (χ0n) is 13.3. The molecule has 4 nitrogen and oxygen atoms in total. The highest BCUT2D eigenvalue weighted by Crippen LogP contribution is 2.31. The summed E-state index contributed by atoms with van der Waals surface area (Å²) in [6.07, 6.45) is 2.17. The number of benzene rings is 1. The zero-order valence-corrected chi connectivity index (χ0v) is 13.3. The van der Waals surface area contributed by atoms with Crippen LogP contribution in [0.4, 0.5) is 0 Å². The van der Waals surface area contributed by atoms with Crippen molar-refractivity contribution < 1.29 is 4.74 Å². The largest absolute Gasteiger partial charge is 0.485 e. The lowest BCUT2D eigenvalue weighted by Gasteiger charge is -2.30. The SMILES string of the molecule is Cc1ccc(C)c(OCc2nnc3n2CC(C)(C)CC3)c1. The van der Waals surface area contributed by atoms with Crippen LogP contribution in [0.5, 0.6) is 5.75 Å². The highest BCUT2D eigenvalue weighted by molar-refractivity contribution is 5.36. The summed E-state index contributed by atoms with van der Waals surface area (Å²) in [5.41, 5.74) is 2.67. The average molecular weight is 285 g/mol. The summed E-state index contributed by atoms with van der Waals surface area (Å²) in [6.45, 7) is 10.2. The molecule has 0 spiro atoms. The standard InChI is InChI=1S/C17H23N3O/c1-12-5-6-13(2)14(9-12)21-10-16-19-18-15-7-8-17(3,4)11-20(15)16/h5-6,9H,7-8,10-11H2,1-4H3. The quantitative estimate of drug-likeness (QED) is 0.867. The third-order valence-electron chi connectivity index (χ3n) is 4.22. The van der Waals surface area contributed by atoms with Gasteiger partial charge < -0.3 is 9.30 Å². The van der Waals surface area contributed by atoms with Crippen molar-refractivity contribution in [1.29, 1.82) is 0 Å². The van der Waals surface area contributed by atoms with Gasteiger partial charge in [0.05, 0.1) is 0 Å². The van der Waals surface area contributed by atoms with E-state index in [-0.39, 0.29) is 0 Å². The number of fused-ring (bicyclic) bond motifs is 1. The van der Waals surface area contributed by atoms with Gasteiger partial charge in [-0.25, -0.2) is 0 Å². The summed E-state index contributed by atoms with van der Waals surface area (Å²) in [5.74, 6) is 2.95. The van der Waals surface area contributed by atoms with Gasteiger partial charge in [-0.2, -0.15) is 0 Å². The molecule has 0 saturated carbocycles. The average Bonchev–Trinajstić information content (AvgIpc) is 2.81. The molecule has 4 heteroatoms. The molecule has 21 heavy (non-hydrogen) atoms. The lowest BCUT2D eigenvalue weighted by Crippen LogP contribution is -2.28. The van der Waals surface area contributed by atoms with Gasteiger partial charge in [0.15, 0.2) is 5.82 Å².